The topological polar surface area (TPSA) is 37.4 Å². The number of rotatable bonds is 2. The van der Waals surface area contributed by atoms with Gasteiger partial charge in [-0.1, -0.05) is 49.2 Å². The summed E-state index contributed by atoms with van der Waals surface area (Å²) in [6.45, 7) is 4.02. The maximum Gasteiger partial charge on any atom is 0.232 e. The molecule has 2 aromatic rings. The molecule has 0 fully saturated rings. The summed E-state index contributed by atoms with van der Waals surface area (Å²) in [7, 11) is 0. The molecule has 1 amide bonds. The molecule has 2 aromatic carbocycles. The lowest BCUT2D eigenvalue weighted by molar-refractivity contribution is -0.121. The van der Waals surface area contributed by atoms with Crippen LogP contribution < -0.4 is 4.90 Å². The molecular weight excluding hydrogens is 412 g/mol. The normalized spacial score (nSPS) is 21.4. The van der Waals surface area contributed by atoms with Gasteiger partial charge in [0.25, 0.3) is 0 Å². The summed E-state index contributed by atoms with van der Waals surface area (Å²) < 4.78 is 13.7. The Hall–Kier alpha value is -2.17. The van der Waals surface area contributed by atoms with Crippen molar-refractivity contribution in [3.8, 4) is 0 Å². The zero-order valence-electron chi connectivity index (χ0n) is 16.1. The molecule has 1 heterocycles. The Kier molecular flexibility index (Phi) is 5.04. The maximum absolute atomic E-state index is 13.7. The van der Waals surface area contributed by atoms with Crippen molar-refractivity contribution in [3.63, 3.8) is 0 Å². The summed E-state index contributed by atoms with van der Waals surface area (Å²) in [5.74, 6) is -1.01. The number of amides is 1. The van der Waals surface area contributed by atoms with Gasteiger partial charge in [0.2, 0.25) is 5.91 Å². The number of nitrogens with zero attached hydrogens (tertiary/aromatic N) is 1. The molecule has 1 aliphatic carbocycles. The largest absolute Gasteiger partial charge is 0.294 e. The van der Waals surface area contributed by atoms with Gasteiger partial charge in [0, 0.05) is 35.1 Å². The number of allylic oxidation sites excluding steroid dienone is 2. The minimum Gasteiger partial charge on any atom is -0.294 e. The predicted octanol–water partition coefficient (Wildman–Crippen LogP) is 6.30. The third-order valence-electron chi connectivity index (χ3n) is 5.56. The molecule has 0 N–H and O–H groups in total. The number of benzene rings is 2. The first-order chi connectivity index (χ1) is 13.7. The molecular formula is C23H20Cl2FNO2. The Morgan fingerprint density at radius 1 is 1.07 bits per heavy atom. The first-order valence-electron chi connectivity index (χ1n) is 9.46. The molecule has 150 valence electrons. The Balaban J connectivity index is 1.91. The van der Waals surface area contributed by atoms with Gasteiger partial charge in [0.05, 0.1) is 10.7 Å². The molecule has 0 radical (unpaired) electrons. The summed E-state index contributed by atoms with van der Waals surface area (Å²) in [6.07, 6.45) is 1.11. The summed E-state index contributed by atoms with van der Waals surface area (Å²) in [5.41, 5.74) is 2.36. The second-order valence-corrected chi connectivity index (χ2v) is 9.28. The van der Waals surface area contributed by atoms with Crippen LogP contribution in [0.3, 0.4) is 0 Å². The Morgan fingerprint density at radius 2 is 1.83 bits per heavy atom. The lowest BCUT2D eigenvalue weighted by atomic mass is 9.69. The number of ketones is 1. The summed E-state index contributed by atoms with van der Waals surface area (Å²) in [5, 5.41) is 0.504. The summed E-state index contributed by atoms with van der Waals surface area (Å²) in [4.78, 5) is 28.0. The number of hydrogen-bond donors (Lipinski definition) is 0. The van der Waals surface area contributed by atoms with Crippen molar-refractivity contribution in [2.24, 2.45) is 5.41 Å². The molecule has 0 saturated carbocycles. The Labute approximate surface area is 179 Å². The SMILES string of the molecule is CC1(C)CC(=O)C2=C(C1)N(c1ccc(F)c(Cl)c1)C(=O)CC2c1cccc(Cl)c1. The van der Waals surface area contributed by atoms with Crippen LogP contribution in [0.1, 0.15) is 44.6 Å². The van der Waals surface area contributed by atoms with Gasteiger partial charge < -0.3 is 0 Å². The van der Waals surface area contributed by atoms with E-state index in [9.17, 15) is 14.0 Å². The van der Waals surface area contributed by atoms with Gasteiger partial charge in [-0.05, 0) is 47.7 Å². The summed E-state index contributed by atoms with van der Waals surface area (Å²) in [6, 6.07) is 11.5. The van der Waals surface area contributed by atoms with Crippen LogP contribution in [0.5, 0.6) is 0 Å². The van der Waals surface area contributed by atoms with E-state index in [1.165, 1.54) is 18.2 Å². The van der Waals surface area contributed by atoms with Crippen LogP contribution in [0, 0.1) is 11.2 Å². The van der Waals surface area contributed by atoms with Crippen LogP contribution in [0.2, 0.25) is 10.0 Å². The molecule has 1 atom stereocenters. The van der Waals surface area contributed by atoms with E-state index in [0.29, 0.717) is 34.8 Å². The van der Waals surface area contributed by atoms with Crippen molar-refractivity contribution >= 4 is 40.6 Å². The monoisotopic (exact) mass is 431 g/mol. The second-order valence-electron chi connectivity index (χ2n) is 8.44. The van der Waals surface area contributed by atoms with E-state index < -0.39 is 5.82 Å². The minimum atomic E-state index is -0.550. The van der Waals surface area contributed by atoms with Crippen LogP contribution in [-0.4, -0.2) is 11.7 Å². The minimum absolute atomic E-state index is 0.0342. The van der Waals surface area contributed by atoms with Gasteiger partial charge in [-0.2, -0.15) is 0 Å². The summed E-state index contributed by atoms with van der Waals surface area (Å²) >= 11 is 12.1. The first kappa shape index (κ1) is 20.1. The molecule has 0 aromatic heterocycles. The van der Waals surface area contributed by atoms with Crippen LogP contribution in [0.4, 0.5) is 10.1 Å². The third-order valence-corrected chi connectivity index (χ3v) is 6.08. The van der Waals surface area contributed by atoms with Gasteiger partial charge in [-0.3, -0.25) is 14.5 Å². The number of carbonyl (C=O) groups excluding carboxylic acids is 2. The zero-order chi connectivity index (χ0) is 20.9. The van der Waals surface area contributed by atoms with E-state index in [2.05, 4.69) is 0 Å². The fraction of sp³-hybridized carbons (Fsp3) is 0.304. The number of anilines is 1. The molecule has 0 spiro atoms. The van der Waals surface area contributed by atoms with E-state index in [4.69, 9.17) is 23.2 Å². The van der Waals surface area contributed by atoms with Gasteiger partial charge in [-0.15, -0.1) is 0 Å². The highest BCUT2D eigenvalue weighted by Gasteiger charge is 2.44. The van der Waals surface area contributed by atoms with Crippen LogP contribution in [0.15, 0.2) is 53.7 Å². The molecule has 4 rings (SSSR count). The van der Waals surface area contributed by atoms with Gasteiger partial charge in [0.1, 0.15) is 5.82 Å². The van der Waals surface area contributed by atoms with E-state index in [1.807, 2.05) is 32.0 Å². The van der Waals surface area contributed by atoms with Crippen LogP contribution in [-0.2, 0) is 9.59 Å². The van der Waals surface area contributed by atoms with Crippen molar-refractivity contribution < 1.29 is 14.0 Å². The van der Waals surface area contributed by atoms with Crippen molar-refractivity contribution in [2.75, 3.05) is 4.90 Å². The quantitative estimate of drug-likeness (QED) is 0.559. The Morgan fingerprint density at radius 3 is 2.52 bits per heavy atom. The first-order valence-corrected chi connectivity index (χ1v) is 10.2. The molecule has 2 aliphatic rings. The molecule has 0 saturated heterocycles. The van der Waals surface area contributed by atoms with Gasteiger partial charge in [0.15, 0.2) is 5.78 Å². The van der Waals surface area contributed by atoms with E-state index in [0.717, 1.165) is 5.56 Å². The highest BCUT2D eigenvalue weighted by molar-refractivity contribution is 6.31. The molecule has 1 aliphatic heterocycles. The number of Topliss-reactive ketones (excluding diaryl/α,β-unsaturated/α-hetero) is 1. The van der Waals surface area contributed by atoms with E-state index in [1.54, 1.807) is 11.0 Å². The Bertz CT molecular complexity index is 1060. The van der Waals surface area contributed by atoms with Crippen molar-refractivity contribution in [1.82, 2.24) is 0 Å². The molecule has 29 heavy (non-hydrogen) atoms. The van der Waals surface area contributed by atoms with Crippen LogP contribution in [0.25, 0.3) is 0 Å². The number of halogens is 3. The van der Waals surface area contributed by atoms with Crippen LogP contribution >= 0.6 is 23.2 Å². The smallest absolute Gasteiger partial charge is 0.232 e. The fourth-order valence-electron chi connectivity index (χ4n) is 4.35. The molecule has 6 heteroatoms. The van der Waals surface area contributed by atoms with Gasteiger partial charge >= 0.3 is 0 Å². The number of carbonyl (C=O) groups is 2. The average Bonchev–Trinajstić information content (AvgIpc) is 2.62. The predicted molar refractivity (Wildman–Crippen MR) is 113 cm³/mol. The molecule has 0 bridgehead atoms. The fourth-order valence-corrected chi connectivity index (χ4v) is 4.72. The number of hydrogen-bond acceptors (Lipinski definition) is 2. The van der Waals surface area contributed by atoms with E-state index in [-0.39, 0.29) is 34.5 Å². The molecule has 3 nitrogen and oxygen atoms in total. The van der Waals surface area contributed by atoms with Crippen molar-refractivity contribution in [3.05, 3.63) is 75.2 Å². The molecule has 1 unspecified atom stereocenters. The second kappa shape index (κ2) is 7.26. The highest BCUT2D eigenvalue weighted by atomic mass is 35.5. The van der Waals surface area contributed by atoms with E-state index >= 15 is 0 Å². The lowest BCUT2D eigenvalue weighted by Gasteiger charge is -2.43. The third kappa shape index (κ3) is 3.72. The van der Waals surface area contributed by atoms with Crippen molar-refractivity contribution in [2.45, 2.75) is 39.0 Å². The zero-order valence-corrected chi connectivity index (χ0v) is 17.6. The maximum atomic E-state index is 13.7. The van der Waals surface area contributed by atoms with Gasteiger partial charge in [-0.25, -0.2) is 4.39 Å². The van der Waals surface area contributed by atoms with Crippen molar-refractivity contribution in [1.29, 1.82) is 0 Å². The average molecular weight is 432 g/mol. The standard InChI is InChI=1S/C23H20Cl2FNO2/c1-23(2)11-19-22(20(28)12-23)16(13-4-3-5-14(24)8-13)10-21(29)27(19)15-6-7-18(26)17(25)9-15/h3-9,16H,10-12H2,1-2H3. The lowest BCUT2D eigenvalue weighted by Crippen LogP contribution is -2.43. The highest BCUT2D eigenvalue weighted by Crippen LogP contribution is 2.48.